The van der Waals surface area contributed by atoms with Gasteiger partial charge < -0.3 is 15.8 Å². The van der Waals surface area contributed by atoms with E-state index < -0.39 is 0 Å². The molecule has 1 aliphatic carbocycles. The van der Waals surface area contributed by atoms with E-state index in [4.69, 9.17) is 22.1 Å². The van der Waals surface area contributed by atoms with Crippen molar-refractivity contribution in [1.82, 2.24) is 5.32 Å². The van der Waals surface area contributed by atoms with E-state index in [0.29, 0.717) is 33.9 Å². The molecule has 1 fully saturated rings. The molecule has 5 heteroatoms. The summed E-state index contributed by atoms with van der Waals surface area (Å²) in [4.78, 5) is 12.5. The molecular weight excluding hydrogens is 288 g/mol. The Labute approximate surface area is 131 Å². The third kappa shape index (κ3) is 3.82. The lowest BCUT2D eigenvalue weighted by Gasteiger charge is -2.32. The number of hydrogen-bond donors (Lipinski definition) is 2. The van der Waals surface area contributed by atoms with Crippen LogP contribution in [-0.2, 0) is 0 Å². The van der Waals surface area contributed by atoms with Gasteiger partial charge in [-0.1, -0.05) is 25.4 Å². The summed E-state index contributed by atoms with van der Waals surface area (Å²) in [6, 6.07) is 3.36. The van der Waals surface area contributed by atoms with E-state index in [1.165, 1.54) is 13.5 Å². The van der Waals surface area contributed by atoms with Crippen molar-refractivity contribution in [2.75, 3.05) is 12.8 Å². The number of anilines is 1. The van der Waals surface area contributed by atoms with Gasteiger partial charge in [-0.25, -0.2) is 0 Å². The zero-order valence-electron chi connectivity index (χ0n) is 12.8. The number of nitrogens with two attached hydrogens (primary N) is 1. The maximum atomic E-state index is 12.5. The number of hydrogen-bond acceptors (Lipinski definition) is 3. The third-order valence-electron chi connectivity index (χ3n) is 4.08. The fraction of sp³-hybridized carbons (Fsp3) is 0.562. The predicted octanol–water partition coefficient (Wildman–Crippen LogP) is 3.49. The van der Waals surface area contributed by atoms with Crippen LogP contribution in [0.1, 0.15) is 43.5 Å². The SMILES string of the molecule is COc1cc(N)c(Cl)cc1C(=O)NC1CC(C)CC(C)C1. The minimum absolute atomic E-state index is 0.153. The molecule has 3 N–H and O–H groups in total. The van der Waals surface area contributed by atoms with E-state index in [-0.39, 0.29) is 11.9 Å². The van der Waals surface area contributed by atoms with Crippen molar-refractivity contribution in [3.05, 3.63) is 22.7 Å². The van der Waals surface area contributed by atoms with Crippen LogP contribution < -0.4 is 15.8 Å². The van der Waals surface area contributed by atoms with Crippen molar-refractivity contribution in [3.63, 3.8) is 0 Å². The van der Waals surface area contributed by atoms with Gasteiger partial charge in [-0.15, -0.1) is 0 Å². The monoisotopic (exact) mass is 310 g/mol. The molecule has 1 saturated carbocycles. The van der Waals surface area contributed by atoms with Crippen molar-refractivity contribution >= 4 is 23.2 Å². The van der Waals surface area contributed by atoms with Crippen LogP contribution in [0.25, 0.3) is 0 Å². The van der Waals surface area contributed by atoms with E-state index in [0.717, 1.165) is 12.8 Å². The predicted molar refractivity (Wildman–Crippen MR) is 85.8 cm³/mol. The highest BCUT2D eigenvalue weighted by Gasteiger charge is 2.26. The van der Waals surface area contributed by atoms with Crippen molar-refractivity contribution < 1.29 is 9.53 Å². The van der Waals surface area contributed by atoms with Crippen LogP contribution in [0.5, 0.6) is 5.75 Å². The zero-order valence-corrected chi connectivity index (χ0v) is 13.5. The highest BCUT2D eigenvalue weighted by atomic mass is 35.5. The summed E-state index contributed by atoms with van der Waals surface area (Å²) in [5.74, 6) is 1.57. The summed E-state index contributed by atoms with van der Waals surface area (Å²) in [6.07, 6.45) is 3.26. The molecule has 1 aromatic rings. The summed E-state index contributed by atoms with van der Waals surface area (Å²) < 4.78 is 5.23. The van der Waals surface area contributed by atoms with Crippen LogP contribution in [0.15, 0.2) is 12.1 Å². The van der Waals surface area contributed by atoms with Gasteiger partial charge in [0.15, 0.2) is 0 Å². The normalized spacial score (nSPS) is 25.4. The molecule has 2 unspecified atom stereocenters. The molecule has 0 saturated heterocycles. The van der Waals surface area contributed by atoms with Crippen molar-refractivity contribution in [2.45, 2.75) is 39.2 Å². The first-order valence-corrected chi connectivity index (χ1v) is 7.72. The number of nitrogen functional groups attached to an aromatic ring is 1. The minimum Gasteiger partial charge on any atom is -0.496 e. The summed E-state index contributed by atoms with van der Waals surface area (Å²) in [5, 5.41) is 3.47. The average Bonchev–Trinajstić information content (AvgIpc) is 2.40. The lowest BCUT2D eigenvalue weighted by Crippen LogP contribution is -2.40. The van der Waals surface area contributed by atoms with Gasteiger partial charge >= 0.3 is 0 Å². The molecule has 0 bridgehead atoms. The van der Waals surface area contributed by atoms with Crippen LogP contribution in [0, 0.1) is 11.8 Å². The smallest absolute Gasteiger partial charge is 0.255 e. The number of nitrogens with one attached hydrogen (secondary N) is 1. The van der Waals surface area contributed by atoms with E-state index in [2.05, 4.69) is 19.2 Å². The molecule has 0 spiro atoms. The van der Waals surface area contributed by atoms with Gasteiger partial charge in [-0.05, 0) is 37.2 Å². The Balaban J connectivity index is 2.15. The Morgan fingerprint density at radius 3 is 2.48 bits per heavy atom. The molecule has 1 amide bonds. The summed E-state index contributed by atoms with van der Waals surface area (Å²) in [5.41, 5.74) is 6.58. The Hall–Kier alpha value is -1.42. The standard InChI is InChI=1S/C16H23ClN2O2/c1-9-4-10(2)6-11(5-9)19-16(20)12-7-13(17)14(18)8-15(12)21-3/h7-11H,4-6,18H2,1-3H3,(H,19,20). The lowest BCUT2D eigenvalue weighted by molar-refractivity contribution is 0.0908. The molecule has 2 rings (SSSR count). The molecule has 1 aliphatic rings. The quantitative estimate of drug-likeness (QED) is 0.840. The number of ether oxygens (including phenoxy) is 1. The van der Waals surface area contributed by atoms with Crippen LogP contribution in [0.2, 0.25) is 5.02 Å². The van der Waals surface area contributed by atoms with E-state index in [1.54, 1.807) is 12.1 Å². The van der Waals surface area contributed by atoms with Gasteiger partial charge in [0, 0.05) is 12.1 Å². The third-order valence-corrected chi connectivity index (χ3v) is 4.40. The second-order valence-corrected chi connectivity index (χ2v) is 6.57. The molecule has 116 valence electrons. The summed E-state index contributed by atoms with van der Waals surface area (Å²) in [6.45, 7) is 4.46. The zero-order chi connectivity index (χ0) is 15.6. The van der Waals surface area contributed by atoms with Crippen LogP contribution in [0.3, 0.4) is 0 Å². The minimum atomic E-state index is -0.153. The average molecular weight is 311 g/mol. The number of carbonyl (C=O) groups is 1. The number of halogens is 1. The number of rotatable bonds is 3. The highest BCUT2D eigenvalue weighted by Crippen LogP contribution is 2.31. The Morgan fingerprint density at radius 1 is 1.29 bits per heavy atom. The number of amides is 1. The van der Waals surface area contributed by atoms with Crippen molar-refractivity contribution in [2.24, 2.45) is 11.8 Å². The van der Waals surface area contributed by atoms with E-state index in [9.17, 15) is 4.79 Å². The maximum absolute atomic E-state index is 12.5. The molecule has 0 aliphatic heterocycles. The number of methoxy groups -OCH3 is 1. The second-order valence-electron chi connectivity index (χ2n) is 6.16. The van der Waals surface area contributed by atoms with Crippen LogP contribution >= 0.6 is 11.6 Å². The Kier molecular flexibility index (Phi) is 4.99. The largest absolute Gasteiger partial charge is 0.496 e. The first-order chi connectivity index (χ1) is 9.90. The van der Waals surface area contributed by atoms with E-state index in [1.807, 2.05) is 0 Å². The molecule has 1 aromatic carbocycles. The number of carbonyl (C=O) groups excluding carboxylic acids is 1. The van der Waals surface area contributed by atoms with Gasteiger partial charge in [-0.2, -0.15) is 0 Å². The van der Waals surface area contributed by atoms with Crippen molar-refractivity contribution in [1.29, 1.82) is 0 Å². The molecule has 0 heterocycles. The molecule has 4 nitrogen and oxygen atoms in total. The first kappa shape index (κ1) is 16.0. The topological polar surface area (TPSA) is 64.3 Å². The van der Waals surface area contributed by atoms with Gasteiger partial charge in [0.25, 0.3) is 5.91 Å². The van der Waals surface area contributed by atoms with Crippen LogP contribution in [0.4, 0.5) is 5.69 Å². The number of benzene rings is 1. The maximum Gasteiger partial charge on any atom is 0.255 e. The first-order valence-electron chi connectivity index (χ1n) is 7.34. The molecule has 0 aromatic heterocycles. The Bertz CT molecular complexity index is 523. The molecule has 0 radical (unpaired) electrons. The summed E-state index contributed by atoms with van der Waals surface area (Å²) in [7, 11) is 1.52. The van der Waals surface area contributed by atoms with Gasteiger partial charge in [0.1, 0.15) is 5.75 Å². The van der Waals surface area contributed by atoms with Gasteiger partial charge in [0.2, 0.25) is 0 Å². The highest BCUT2D eigenvalue weighted by molar-refractivity contribution is 6.33. The molecule has 2 atom stereocenters. The molecule has 21 heavy (non-hydrogen) atoms. The summed E-state index contributed by atoms with van der Waals surface area (Å²) >= 11 is 6.02. The van der Waals surface area contributed by atoms with Crippen molar-refractivity contribution in [3.8, 4) is 5.75 Å². The Morgan fingerprint density at radius 2 is 1.90 bits per heavy atom. The van der Waals surface area contributed by atoms with Crippen LogP contribution in [-0.4, -0.2) is 19.1 Å². The molecular formula is C16H23ClN2O2. The van der Waals surface area contributed by atoms with Gasteiger partial charge in [0.05, 0.1) is 23.4 Å². The lowest BCUT2D eigenvalue weighted by atomic mass is 9.80. The van der Waals surface area contributed by atoms with E-state index >= 15 is 0 Å². The fourth-order valence-electron chi connectivity index (χ4n) is 3.24. The fourth-order valence-corrected chi connectivity index (χ4v) is 3.41. The second kappa shape index (κ2) is 6.56. The van der Waals surface area contributed by atoms with Gasteiger partial charge in [-0.3, -0.25) is 4.79 Å².